The van der Waals surface area contributed by atoms with Crippen LogP contribution in [0.2, 0.25) is 10.0 Å². The first-order valence-electron chi connectivity index (χ1n) is 6.83. The van der Waals surface area contributed by atoms with Crippen molar-refractivity contribution in [3.8, 4) is 0 Å². The van der Waals surface area contributed by atoms with E-state index < -0.39 is 0 Å². The number of hydrogen-bond acceptors (Lipinski definition) is 3. The summed E-state index contributed by atoms with van der Waals surface area (Å²) in [6.07, 6.45) is 1.34. The molecule has 1 aliphatic rings. The number of aliphatic hydroxyl groups excluding tert-OH is 1. The predicted molar refractivity (Wildman–Crippen MR) is 81.6 cm³/mol. The highest BCUT2D eigenvalue weighted by Crippen LogP contribution is 2.28. The maximum absolute atomic E-state index is 11.9. The fourth-order valence-corrected chi connectivity index (χ4v) is 2.86. The summed E-state index contributed by atoms with van der Waals surface area (Å²) in [6, 6.07) is 5.36. The van der Waals surface area contributed by atoms with Gasteiger partial charge in [-0.15, -0.1) is 0 Å². The van der Waals surface area contributed by atoms with Crippen LogP contribution in [0.5, 0.6) is 0 Å². The van der Waals surface area contributed by atoms with Crippen molar-refractivity contribution in [3.63, 3.8) is 0 Å². The Balaban J connectivity index is 2.10. The zero-order valence-corrected chi connectivity index (χ0v) is 13.0. The van der Waals surface area contributed by atoms with E-state index in [1.807, 2.05) is 6.07 Å². The second kappa shape index (κ2) is 6.90. The lowest BCUT2D eigenvalue weighted by molar-refractivity contribution is -0.119. The standard InChI is InChI=1S/C15H19Cl2NO2/c1-10(19)13(9-18-6-4-12(20)5-7-18)11-2-3-14(16)15(17)8-11/h2-3,8,12-13,20H,4-7,9H2,1H3/t13-/m1/s1. The quantitative estimate of drug-likeness (QED) is 0.928. The smallest absolute Gasteiger partial charge is 0.138 e. The molecule has 0 aromatic heterocycles. The number of halogens is 2. The van der Waals surface area contributed by atoms with E-state index in [9.17, 15) is 9.90 Å². The van der Waals surface area contributed by atoms with Gasteiger partial charge in [-0.2, -0.15) is 0 Å². The van der Waals surface area contributed by atoms with Crippen LogP contribution in [0.15, 0.2) is 18.2 Å². The zero-order chi connectivity index (χ0) is 14.7. The Hall–Kier alpha value is -0.610. The van der Waals surface area contributed by atoms with Gasteiger partial charge in [0.25, 0.3) is 0 Å². The van der Waals surface area contributed by atoms with E-state index in [2.05, 4.69) is 4.90 Å². The lowest BCUT2D eigenvalue weighted by Crippen LogP contribution is -2.39. The molecule has 110 valence electrons. The summed E-state index contributed by atoms with van der Waals surface area (Å²) in [5.74, 6) is -0.0745. The molecule has 0 aliphatic carbocycles. The van der Waals surface area contributed by atoms with Gasteiger partial charge >= 0.3 is 0 Å². The molecule has 1 N–H and O–H groups in total. The van der Waals surface area contributed by atoms with Gasteiger partial charge < -0.3 is 10.0 Å². The van der Waals surface area contributed by atoms with Crippen molar-refractivity contribution in [1.82, 2.24) is 4.90 Å². The second-order valence-electron chi connectivity index (χ2n) is 5.37. The molecule has 0 amide bonds. The third-order valence-electron chi connectivity index (χ3n) is 3.83. The fourth-order valence-electron chi connectivity index (χ4n) is 2.56. The highest BCUT2D eigenvalue weighted by Gasteiger charge is 2.24. The minimum atomic E-state index is -0.202. The highest BCUT2D eigenvalue weighted by molar-refractivity contribution is 6.42. The molecule has 1 heterocycles. The molecule has 0 bridgehead atoms. The molecule has 1 aliphatic heterocycles. The fraction of sp³-hybridized carbons (Fsp3) is 0.533. The molecule has 5 heteroatoms. The Kier molecular flexibility index (Phi) is 5.44. The molecule has 1 atom stereocenters. The number of carbonyl (C=O) groups is 1. The number of piperidine rings is 1. The molecular formula is C15H19Cl2NO2. The second-order valence-corrected chi connectivity index (χ2v) is 6.18. The summed E-state index contributed by atoms with van der Waals surface area (Å²) in [5, 5.41) is 10.5. The average molecular weight is 316 g/mol. The van der Waals surface area contributed by atoms with Gasteiger partial charge in [-0.3, -0.25) is 4.79 Å². The van der Waals surface area contributed by atoms with Crippen molar-refractivity contribution < 1.29 is 9.90 Å². The third kappa shape index (κ3) is 3.95. The van der Waals surface area contributed by atoms with E-state index in [-0.39, 0.29) is 17.8 Å². The predicted octanol–water partition coefficient (Wildman–Crippen LogP) is 3.12. The minimum absolute atomic E-state index is 0.120. The van der Waals surface area contributed by atoms with Crippen molar-refractivity contribution in [1.29, 1.82) is 0 Å². The summed E-state index contributed by atoms with van der Waals surface area (Å²) in [5.41, 5.74) is 0.901. The van der Waals surface area contributed by atoms with E-state index >= 15 is 0 Å². The first-order valence-corrected chi connectivity index (χ1v) is 7.59. The van der Waals surface area contributed by atoms with Gasteiger partial charge in [0.2, 0.25) is 0 Å². The van der Waals surface area contributed by atoms with Crippen LogP contribution in [0.1, 0.15) is 31.2 Å². The van der Waals surface area contributed by atoms with Gasteiger partial charge in [0.05, 0.1) is 22.1 Å². The lowest BCUT2D eigenvalue weighted by Gasteiger charge is -2.32. The Labute approximate surface area is 129 Å². The molecule has 1 saturated heterocycles. The number of ketones is 1. The molecule has 0 radical (unpaired) electrons. The van der Waals surface area contributed by atoms with Crippen LogP contribution in [0.3, 0.4) is 0 Å². The largest absolute Gasteiger partial charge is 0.393 e. The van der Waals surface area contributed by atoms with E-state index in [1.165, 1.54) is 0 Å². The van der Waals surface area contributed by atoms with Crippen LogP contribution in [0, 0.1) is 0 Å². The Morgan fingerprint density at radius 1 is 1.35 bits per heavy atom. The monoisotopic (exact) mass is 315 g/mol. The third-order valence-corrected chi connectivity index (χ3v) is 4.57. The summed E-state index contributed by atoms with van der Waals surface area (Å²) >= 11 is 12.0. The van der Waals surface area contributed by atoms with Crippen molar-refractivity contribution >= 4 is 29.0 Å². The molecule has 0 spiro atoms. The van der Waals surface area contributed by atoms with E-state index in [0.29, 0.717) is 16.6 Å². The molecule has 1 aromatic carbocycles. The summed E-state index contributed by atoms with van der Waals surface area (Å²) in [4.78, 5) is 14.2. The molecule has 0 saturated carbocycles. The summed E-state index contributed by atoms with van der Waals surface area (Å²) < 4.78 is 0. The first kappa shape index (κ1) is 15.8. The molecule has 2 rings (SSSR count). The summed E-state index contributed by atoms with van der Waals surface area (Å²) in [7, 11) is 0. The van der Waals surface area contributed by atoms with Crippen molar-refractivity contribution in [2.45, 2.75) is 31.8 Å². The number of Topliss-reactive ketones (excluding diaryl/α,β-unsaturated/α-hetero) is 1. The molecule has 20 heavy (non-hydrogen) atoms. The van der Waals surface area contributed by atoms with E-state index in [1.54, 1.807) is 19.1 Å². The van der Waals surface area contributed by atoms with Gasteiger partial charge in [0, 0.05) is 19.6 Å². The first-order chi connectivity index (χ1) is 9.47. The molecule has 3 nitrogen and oxygen atoms in total. The van der Waals surface area contributed by atoms with Crippen LogP contribution in [-0.4, -0.2) is 41.5 Å². The zero-order valence-electron chi connectivity index (χ0n) is 11.5. The van der Waals surface area contributed by atoms with Crippen LogP contribution >= 0.6 is 23.2 Å². The van der Waals surface area contributed by atoms with E-state index in [4.69, 9.17) is 23.2 Å². The lowest BCUT2D eigenvalue weighted by atomic mass is 9.94. The van der Waals surface area contributed by atoms with Gasteiger partial charge in [-0.05, 0) is 37.5 Å². The van der Waals surface area contributed by atoms with Crippen molar-refractivity contribution in [2.24, 2.45) is 0 Å². The van der Waals surface area contributed by atoms with Crippen molar-refractivity contribution in [2.75, 3.05) is 19.6 Å². The van der Waals surface area contributed by atoms with Crippen LogP contribution in [0.4, 0.5) is 0 Å². The maximum atomic E-state index is 11.9. The number of hydrogen-bond donors (Lipinski definition) is 1. The van der Waals surface area contributed by atoms with Crippen LogP contribution in [0.25, 0.3) is 0 Å². The Morgan fingerprint density at radius 2 is 2.00 bits per heavy atom. The topological polar surface area (TPSA) is 40.5 Å². The number of likely N-dealkylation sites (tertiary alicyclic amines) is 1. The van der Waals surface area contributed by atoms with E-state index in [0.717, 1.165) is 31.5 Å². The Bertz CT molecular complexity index is 485. The van der Waals surface area contributed by atoms with Gasteiger partial charge in [-0.1, -0.05) is 29.3 Å². The minimum Gasteiger partial charge on any atom is -0.393 e. The molecule has 1 fully saturated rings. The molecule has 0 unspecified atom stereocenters. The number of aliphatic hydroxyl groups is 1. The molecular weight excluding hydrogens is 297 g/mol. The van der Waals surface area contributed by atoms with Crippen LogP contribution in [-0.2, 0) is 4.79 Å². The number of carbonyl (C=O) groups excluding carboxylic acids is 1. The van der Waals surface area contributed by atoms with Gasteiger partial charge in [0.1, 0.15) is 5.78 Å². The number of rotatable bonds is 4. The number of benzene rings is 1. The number of nitrogens with zero attached hydrogens (tertiary/aromatic N) is 1. The van der Waals surface area contributed by atoms with Crippen LogP contribution < -0.4 is 0 Å². The normalized spacial score (nSPS) is 19.0. The average Bonchev–Trinajstić information content (AvgIpc) is 2.41. The SMILES string of the molecule is CC(=O)[C@@H](CN1CCC(O)CC1)c1ccc(Cl)c(Cl)c1. The Morgan fingerprint density at radius 3 is 2.55 bits per heavy atom. The van der Waals surface area contributed by atoms with Gasteiger partial charge in [-0.25, -0.2) is 0 Å². The highest BCUT2D eigenvalue weighted by atomic mass is 35.5. The maximum Gasteiger partial charge on any atom is 0.138 e. The summed E-state index contributed by atoms with van der Waals surface area (Å²) in [6.45, 7) is 3.92. The van der Waals surface area contributed by atoms with Crippen molar-refractivity contribution in [3.05, 3.63) is 33.8 Å². The molecule has 1 aromatic rings. The van der Waals surface area contributed by atoms with Gasteiger partial charge in [0.15, 0.2) is 0 Å².